The molecule has 0 fully saturated rings. The third-order valence-corrected chi connectivity index (χ3v) is 2.99. The first-order chi connectivity index (χ1) is 10.5. The van der Waals surface area contributed by atoms with Crippen LogP contribution in [0.25, 0.3) is 0 Å². The second kappa shape index (κ2) is 8.92. The highest BCUT2D eigenvalue weighted by Crippen LogP contribution is 2.28. The molecule has 122 valence electrons. The van der Waals surface area contributed by atoms with Gasteiger partial charge in [0, 0.05) is 6.54 Å². The molecule has 0 atom stereocenters. The highest BCUT2D eigenvalue weighted by Gasteiger charge is 2.12. The summed E-state index contributed by atoms with van der Waals surface area (Å²) in [5, 5.41) is 2.78. The Labute approximate surface area is 130 Å². The summed E-state index contributed by atoms with van der Waals surface area (Å²) in [5.74, 6) is 0.648. The number of hydrogen-bond acceptors (Lipinski definition) is 5. The van der Waals surface area contributed by atoms with Crippen LogP contribution in [-0.2, 0) is 9.53 Å². The van der Waals surface area contributed by atoms with Gasteiger partial charge in [-0.05, 0) is 30.5 Å². The van der Waals surface area contributed by atoms with E-state index in [2.05, 4.69) is 23.9 Å². The van der Waals surface area contributed by atoms with Gasteiger partial charge in [-0.1, -0.05) is 13.8 Å². The van der Waals surface area contributed by atoms with Gasteiger partial charge in [-0.2, -0.15) is 0 Å². The number of methoxy groups -OCH3 is 2. The molecule has 1 aromatic carbocycles. The fourth-order valence-electron chi connectivity index (χ4n) is 1.73. The second-order valence-corrected chi connectivity index (χ2v) is 5.18. The van der Waals surface area contributed by atoms with Crippen LogP contribution < -0.4 is 14.8 Å². The van der Waals surface area contributed by atoms with Gasteiger partial charge in [0.25, 0.3) is 5.91 Å². The minimum Gasteiger partial charge on any atom is -0.493 e. The monoisotopic (exact) mass is 309 g/mol. The highest BCUT2D eigenvalue weighted by molar-refractivity contribution is 5.90. The SMILES string of the molecule is COC(=O)c1ccc(OCC(=O)NCCC(C)C)c(OC)c1. The van der Waals surface area contributed by atoms with E-state index in [0.29, 0.717) is 29.5 Å². The Morgan fingerprint density at radius 2 is 1.91 bits per heavy atom. The Morgan fingerprint density at radius 3 is 2.50 bits per heavy atom. The van der Waals surface area contributed by atoms with Crippen molar-refractivity contribution in [3.8, 4) is 11.5 Å². The molecule has 1 rings (SSSR count). The lowest BCUT2D eigenvalue weighted by Gasteiger charge is -2.12. The molecule has 1 aromatic rings. The van der Waals surface area contributed by atoms with Gasteiger partial charge in [0.15, 0.2) is 18.1 Å². The number of hydrogen-bond donors (Lipinski definition) is 1. The van der Waals surface area contributed by atoms with Gasteiger partial charge in [-0.25, -0.2) is 4.79 Å². The Balaban J connectivity index is 2.58. The lowest BCUT2D eigenvalue weighted by atomic mass is 10.1. The van der Waals surface area contributed by atoms with Crippen LogP contribution in [0.2, 0.25) is 0 Å². The summed E-state index contributed by atoms with van der Waals surface area (Å²) in [4.78, 5) is 23.1. The van der Waals surface area contributed by atoms with Gasteiger partial charge < -0.3 is 19.5 Å². The molecule has 0 unspecified atom stereocenters. The summed E-state index contributed by atoms with van der Waals surface area (Å²) in [7, 11) is 2.77. The number of ether oxygens (including phenoxy) is 3. The van der Waals surface area contributed by atoms with E-state index < -0.39 is 5.97 Å². The van der Waals surface area contributed by atoms with Crippen LogP contribution >= 0.6 is 0 Å². The van der Waals surface area contributed by atoms with Gasteiger partial charge in [0.2, 0.25) is 0 Å². The second-order valence-electron chi connectivity index (χ2n) is 5.18. The van der Waals surface area contributed by atoms with Crippen LogP contribution in [0.3, 0.4) is 0 Å². The number of rotatable bonds is 8. The summed E-state index contributed by atoms with van der Waals surface area (Å²) >= 11 is 0. The molecular weight excluding hydrogens is 286 g/mol. The fourth-order valence-corrected chi connectivity index (χ4v) is 1.73. The zero-order valence-electron chi connectivity index (χ0n) is 13.5. The van der Waals surface area contributed by atoms with E-state index in [1.807, 2.05) is 0 Å². The quantitative estimate of drug-likeness (QED) is 0.744. The summed E-state index contributed by atoms with van der Waals surface area (Å²) in [6, 6.07) is 4.64. The molecule has 0 aromatic heterocycles. The Kier molecular flexibility index (Phi) is 7.22. The molecule has 0 saturated heterocycles. The smallest absolute Gasteiger partial charge is 0.337 e. The van der Waals surface area contributed by atoms with Crippen molar-refractivity contribution in [1.29, 1.82) is 0 Å². The van der Waals surface area contributed by atoms with Crippen LogP contribution in [0.15, 0.2) is 18.2 Å². The van der Waals surface area contributed by atoms with E-state index in [0.717, 1.165) is 6.42 Å². The van der Waals surface area contributed by atoms with Crippen molar-refractivity contribution in [3.63, 3.8) is 0 Å². The Bertz CT molecular complexity index is 513. The maximum atomic E-state index is 11.7. The molecule has 0 aliphatic carbocycles. The van der Waals surface area contributed by atoms with Crippen molar-refractivity contribution in [2.75, 3.05) is 27.4 Å². The summed E-state index contributed by atoms with van der Waals surface area (Å²) < 4.78 is 15.2. The molecule has 0 spiro atoms. The number of carbonyl (C=O) groups excluding carboxylic acids is 2. The molecule has 6 nitrogen and oxygen atoms in total. The van der Waals surface area contributed by atoms with Crippen molar-refractivity contribution in [1.82, 2.24) is 5.32 Å². The normalized spacial score (nSPS) is 10.2. The average Bonchev–Trinajstić information content (AvgIpc) is 2.51. The minimum atomic E-state index is -0.462. The first-order valence-electron chi connectivity index (χ1n) is 7.13. The largest absolute Gasteiger partial charge is 0.493 e. The van der Waals surface area contributed by atoms with E-state index in [-0.39, 0.29) is 12.5 Å². The van der Waals surface area contributed by atoms with Crippen molar-refractivity contribution >= 4 is 11.9 Å². The molecule has 1 amide bonds. The third-order valence-electron chi connectivity index (χ3n) is 2.99. The van der Waals surface area contributed by atoms with Crippen LogP contribution in [0, 0.1) is 5.92 Å². The predicted molar refractivity (Wildman–Crippen MR) is 82.3 cm³/mol. The topological polar surface area (TPSA) is 73.9 Å². The maximum Gasteiger partial charge on any atom is 0.337 e. The number of carbonyl (C=O) groups is 2. The molecule has 0 saturated carbocycles. The number of nitrogens with one attached hydrogen (secondary N) is 1. The van der Waals surface area contributed by atoms with Gasteiger partial charge >= 0.3 is 5.97 Å². The first kappa shape index (κ1) is 17.8. The summed E-state index contributed by atoms with van der Waals surface area (Å²) in [6.45, 7) is 4.71. The molecule has 0 bridgehead atoms. The summed E-state index contributed by atoms with van der Waals surface area (Å²) in [5.41, 5.74) is 0.355. The van der Waals surface area contributed by atoms with Crippen LogP contribution in [-0.4, -0.2) is 39.2 Å². The Morgan fingerprint density at radius 1 is 1.18 bits per heavy atom. The average molecular weight is 309 g/mol. The zero-order valence-corrected chi connectivity index (χ0v) is 13.5. The summed E-state index contributed by atoms with van der Waals surface area (Å²) in [6.07, 6.45) is 0.920. The molecule has 0 aliphatic rings. The standard InChI is InChI=1S/C16H23NO5/c1-11(2)7-8-17-15(18)10-22-13-6-5-12(16(19)21-4)9-14(13)20-3/h5-6,9,11H,7-8,10H2,1-4H3,(H,17,18). The van der Waals surface area contributed by atoms with Gasteiger partial charge in [-0.3, -0.25) is 4.79 Å². The Hall–Kier alpha value is -2.24. The van der Waals surface area contributed by atoms with E-state index >= 15 is 0 Å². The van der Waals surface area contributed by atoms with Crippen molar-refractivity contribution < 1.29 is 23.8 Å². The fraction of sp³-hybridized carbons (Fsp3) is 0.500. The van der Waals surface area contributed by atoms with E-state index in [4.69, 9.17) is 9.47 Å². The van der Waals surface area contributed by atoms with Crippen molar-refractivity contribution in [3.05, 3.63) is 23.8 Å². The number of benzene rings is 1. The minimum absolute atomic E-state index is 0.105. The van der Waals surface area contributed by atoms with Crippen molar-refractivity contribution in [2.24, 2.45) is 5.92 Å². The number of amides is 1. The lowest BCUT2D eigenvalue weighted by molar-refractivity contribution is -0.123. The van der Waals surface area contributed by atoms with Gasteiger partial charge in [-0.15, -0.1) is 0 Å². The molecular formula is C16H23NO5. The maximum absolute atomic E-state index is 11.7. The molecule has 6 heteroatoms. The van der Waals surface area contributed by atoms with Crippen molar-refractivity contribution in [2.45, 2.75) is 20.3 Å². The molecule has 1 N–H and O–H groups in total. The first-order valence-corrected chi connectivity index (χ1v) is 7.13. The predicted octanol–water partition coefficient (Wildman–Crippen LogP) is 2.02. The molecule has 0 radical (unpaired) electrons. The van der Waals surface area contributed by atoms with Gasteiger partial charge in [0.1, 0.15) is 0 Å². The van der Waals surface area contributed by atoms with E-state index in [1.54, 1.807) is 12.1 Å². The van der Waals surface area contributed by atoms with Crippen LogP contribution in [0.1, 0.15) is 30.6 Å². The van der Waals surface area contributed by atoms with E-state index in [1.165, 1.54) is 20.3 Å². The van der Waals surface area contributed by atoms with E-state index in [9.17, 15) is 9.59 Å². The number of esters is 1. The van der Waals surface area contributed by atoms with Crippen LogP contribution in [0.4, 0.5) is 0 Å². The third kappa shape index (κ3) is 5.63. The van der Waals surface area contributed by atoms with Crippen LogP contribution in [0.5, 0.6) is 11.5 Å². The zero-order chi connectivity index (χ0) is 16.5. The lowest BCUT2D eigenvalue weighted by Crippen LogP contribution is -2.30. The highest BCUT2D eigenvalue weighted by atomic mass is 16.5. The molecule has 0 heterocycles. The van der Waals surface area contributed by atoms with Gasteiger partial charge in [0.05, 0.1) is 19.8 Å². The molecule has 0 aliphatic heterocycles. The molecule has 22 heavy (non-hydrogen) atoms.